The van der Waals surface area contributed by atoms with Crippen LogP contribution in [0.5, 0.6) is 0 Å². The average Bonchev–Trinajstić information content (AvgIpc) is 2.18. The minimum Gasteiger partial charge on any atom is -0.320 e. The molecule has 1 aromatic carbocycles. The molecule has 0 aliphatic heterocycles. The zero-order chi connectivity index (χ0) is 11.5. The standard InChI is InChI=1S/C9H12N2O3S/c1-7(10)9(12)11-15(13,14)8-5-3-2-4-6-8/h2-7H,10H2,1H3,(H,11,12)/t7-/m1/s1. The lowest BCUT2D eigenvalue weighted by Crippen LogP contribution is -2.41. The van der Waals surface area contributed by atoms with E-state index in [0.29, 0.717) is 0 Å². The highest BCUT2D eigenvalue weighted by Gasteiger charge is 2.18. The van der Waals surface area contributed by atoms with Crippen molar-refractivity contribution in [1.29, 1.82) is 0 Å². The van der Waals surface area contributed by atoms with Gasteiger partial charge in [0.2, 0.25) is 5.91 Å². The molecule has 0 bridgehead atoms. The molecule has 6 heteroatoms. The smallest absolute Gasteiger partial charge is 0.264 e. The summed E-state index contributed by atoms with van der Waals surface area (Å²) < 4.78 is 25.0. The van der Waals surface area contributed by atoms with Crippen LogP contribution in [0.2, 0.25) is 0 Å². The summed E-state index contributed by atoms with van der Waals surface area (Å²) in [5.74, 6) is -0.723. The average molecular weight is 228 g/mol. The van der Waals surface area contributed by atoms with E-state index in [0.717, 1.165) is 0 Å². The first kappa shape index (κ1) is 11.7. The van der Waals surface area contributed by atoms with Crippen molar-refractivity contribution in [2.75, 3.05) is 0 Å². The molecule has 0 aliphatic carbocycles. The number of rotatable bonds is 3. The molecule has 3 N–H and O–H groups in total. The number of hydrogen-bond acceptors (Lipinski definition) is 4. The highest BCUT2D eigenvalue weighted by molar-refractivity contribution is 7.90. The number of benzene rings is 1. The Morgan fingerprint density at radius 3 is 2.33 bits per heavy atom. The number of carbonyl (C=O) groups excluding carboxylic acids is 1. The molecule has 0 heterocycles. The highest BCUT2D eigenvalue weighted by atomic mass is 32.2. The normalized spacial score (nSPS) is 13.2. The van der Waals surface area contributed by atoms with Crippen molar-refractivity contribution < 1.29 is 13.2 Å². The lowest BCUT2D eigenvalue weighted by Gasteiger charge is -2.08. The third-order valence-electron chi connectivity index (χ3n) is 1.70. The Morgan fingerprint density at radius 2 is 1.87 bits per heavy atom. The van der Waals surface area contributed by atoms with Gasteiger partial charge in [0.15, 0.2) is 0 Å². The van der Waals surface area contributed by atoms with Gasteiger partial charge in [-0.25, -0.2) is 13.1 Å². The Morgan fingerprint density at radius 1 is 1.33 bits per heavy atom. The van der Waals surface area contributed by atoms with Crippen molar-refractivity contribution in [3.63, 3.8) is 0 Å². The van der Waals surface area contributed by atoms with Gasteiger partial charge in [0, 0.05) is 0 Å². The topological polar surface area (TPSA) is 89.3 Å². The summed E-state index contributed by atoms with van der Waals surface area (Å²) in [6.07, 6.45) is 0. The number of amides is 1. The largest absolute Gasteiger partial charge is 0.320 e. The first-order chi connectivity index (χ1) is 6.93. The maximum atomic E-state index is 11.6. The van der Waals surface area contributed by atoms with E-state index in [2.05, 4.69) is 0 Å². The Hall–Kier alpha value is -1.40. The molecule has 1 aromatic rings. The van der Waals surface area contributed by atoms with Crippen LogP contribution in [0.25, 0.3) is 0 Å². The van der Waals surface area contributed by atoms with Crippen molar-refractivity contribution in [3.05, 3.63) is 30.3 Å². The van der Waals surface area contributed by atoms with E-state index in [1.54, 1.807) is 18.2 Å². The van der Waals surface area contributed by atoms with Crippen LogP contribution in [0.3, 0.4) is 0 Å². The zero-order valence-electron chi connectivity index (χ0n) is 8.17. The van der Waals surface area contributed by atoms with Gasteiger partial charge in [-0.3, -0.25) is 4.79 Å². The molecule has 0 saturated carbocycles. The maximum Gasteiger partial charge on any atom is 0.264 e. The van der Waals surface area contributed by atoms with Gasteiger partial charge in [0.1, 0.15) is 0 Å². The van der Waals surface area contributed by atoms with Gasteiger partial charge in [-0.1, -0.05) is 18.2 Å². The zero-order valence-corrected chi connectivity index (χ0v) is 8.99. The second-order valence-corrected chi connectivity index (χ2v) is 4.75. The molecule has 0 spiro atoms. The van der Waals surface area contributed by atoms with E-state index in [1.165, 1.54) is 19.1 Å². The summed E-state index contributed by atoms with van der Waals surface area (Å²) in [5.41, 5.74) is 5.24. The van der Waals surface area contributed by atoms with Crippen molar-refractivity contribution in [3.8, 4) is 0 Å². The molecule has 1 atom stereocenters. The Bertz CT molecular complexity index is 440. The van der Waals surface area contributed by atoms with Gasteiger partial charge in [-0.2, -0.15) is 0 Å². The van der Waals surface area contributed by atoms with Crippen LogP contribution in [0.4, 0.5) is 0 Å². The molecule has 0 aromatic heterocycles. The summed E-state index contributed by atoms with van der Waals surface area (Å²) in [4.78, 5) is 11.2. The molecule has 1 amide bonds. The minimum absolute atomic E-state index is 0.0407. The monoisotopic (exact) mass is 228 g/mol. The maximum absolute atomic E-state index is 11.6. The van der Waals surface area contributed by atoms with Gasteiger partial charge in [-0.05, 0) is 19.1 Å². The van der Waals surface area contributed by atoms with Crippen LogP contribution in [0.1, 0.15) is 6.92 Å². The first-order valence-electron chi connectivity index (χ1n) is 4.31. The van der Waals surface area contributed by atoms with Crippen molar-refractivity contribution in [2.24, 2.45) is 5.73 Å². The molecule has 0 saturated heterocycles. The fourth-order valence-electron chi connectivity index (χ4n) is 0.884. The number of nitrogens with one attached hydrogen (secondary N) is 1. The van der Waals surface area contributed by atoms with E-state index in [4.69, 9.17) is 5.73 Å². The minimum atomic E-state index is -3.78. The fourth-order valence-corrected chi connectivity index (χ4v) is 1.97. The Balaban J connectivity index is 2.91. The third kappa shape index (κ3) is 3.03. The molecule has 15 heavy (non-hydrogen) atoms. The number of hydrogen-bond donors (Lipinski definition) is 2. The van der Waals surface area contributed by atoms with E-state index in [-0.39, 0.29) is 4.90 Å². The van der Waals surface area contributed by atoms with Gasteiger partial charge in [0.25, 0.3) is 10.0 Å². The summed E-state index contributed by atoms with van der Waals surface area (Å²) in [6, 6.07) is 6.78. The molecule has 5 nitrogen and oxygen atoms in total. The second kappa shape index (κ2) is 4.41. The molecular formula is C9H12N2O3S. The fraction of sp³-hybridized carbons (Fsp3) is 0.222. The van der Waals surface area contributed by atoms with Crippen molar-refractivity contribution in [1.82, 2.24) is 4.72 Å². The molecule has 0 fully saturated rings. The molecule has 0 aliphatic rings. The summed E-state index contributed by atoms with van der Waals surface area (Å²) >= 11 is 0. The van der Waals surface area contributed by atoms with Gasteiger partial charge in [-0.15, -0.1) is 0 Å². The highest BCUT2D eigenvalue weighted by Crippen LogP contribution is 2.06. The molecule has 1 rings (SSSR count). The van der Waals surface area contributed by atoms with Crippen LogP contribution >= 0.6 is 0 Å². The predicted octanol–water partition coefficient (Wildman–Crippen LogP) is -0.161. The predicted molar refractivity (Wildman–Crippen MR) is 55.4 cm³/mol. The van der Waals surface area contributed by atoms with E-state index in [9.17, 15) is 13.2 Å². The van der Waals surface area contributed by atoms with Gasteiger partial charge in [0.05, 0.1) is 10.9 Å². The van der Waals surface area contributed by atoms with E-state index < -0.39 is 22.0 Å². The third-order valence-corrected chi connectivity index (χ3v) is 3.06. The SMILES string of the molecule is C[C@@H](N)C(=O)NS(=O)(=O)c1ccccc1. The number of nitrogens with two attached hydrogens (primary N) is 1. The van der Waals surface area contributed by atoms with Gasteiger partial charge < -0.3 is 5.73 Å². The van der Waals surface area contributed by atoms with Crippen LogP contribution in [0, 0.1) is 0 Å². The molecular weight excluding hydrogens is 216 g/mol. The van der Waals surface area contributed by atoms with Crippen LogP contribution in [-0.4, -0.2) is 20.4 Å². The Labute approximate surface area is 88.3 Å². The second-order valence-electron chi connectivity index (χ2n) is 3.07. The molecule has 0 radical (unpaired) electrons. The van der Waals surface area contributed by atoms with Crippen molar-refractivity contribution in [2.45, 2.75) is 17.9 Å². The first-order valence-corrected chi connectivity index (χ1v) is 5.79. The summed E-state index contributed by atoms with van der Waals surface area (Å²) in [5, 5.41) is 0. The Kier molecular flexibility index (Phi) is 3.43. The van der Waals surface area contributed by atoms with E-state index in [1.807, 2.05) is 4.72 Å². The van der Waals surface area contributed by atoms with Crippen LogP contribution in [-0.2, 0) is 14.8 Å². The van der Waals surface area contributed by atoms with E-state index >= 15 is 0 Å². The number of carbonyl (C=O) groups is 1. The molecule has 82 valence electrons. The van der Waals surface area contributed by atoms with Gasteiger partial charge >= 0.3 is 0 Å². The summed E-state index contributed by atoms with van der Waals surface area (Å²) in [6.45, 7) is 1.41. The lowest BCUT2D eigenvalue weighted by atomic mass is 10.4. The summed E-state index contributed by atoms with van der Waals surface area (Å²) in [7, 11) is -3.78. The van der Waals surface area contributed by atoms with Crippen LogP contribution in [0.15, 0.2) is 35.2 Å². The lowest BCUT2D eigenvalue weighted by molar-refractivity contribution is -0.120. The quantitative estimate of drug-likeness (QED) is 0.752. The number of sulfonamides is 1. The van der Waals surface area contributed by atoms with Crippen molar-refractivity contribution >= 4 is 15.9 Å². The van der Waals surface area contributed by atoms with Crippen LogP contribution < -0.4 is 10.5 Å². The molecule has 0 unspecified atom stereocenters.